The van der Waals surface area contributed by atoms with Gasteiger partial charge in [0.15, 0.2) is 5.82 Å². The first-order valence-corrected chi connectivity index (χ1v) is 10.9. The molecule has 0 unspecified atom stereocenters. The zero-order chi connectivity index (χ0) is 22.3. The Morgan fingerprint density at radius 2 is 1.62 bits per heavy atom. The predicted molar refractivity (Wildman–Crippen MR) is 124 cm³/mol. The summed E-state index contributed by atoms with van der Waals surface area (Å²) in [6.07, 6.45) is 3.30. The van der Waals surface area contributed by atoms with Crippen LogP contribution in [0.25, 0.3) is 11.4 Å². The van der Waals surface area contributed by atoms with Crippen LogP contribution >= 0.6 is 0 Å². The molecule has 4 N–H and O–H groups in total. The molecule has 1 aromatic heterocycles. The molecule has 1 aliphatic carbocycles. The van der Waals surface area contributed by atoms with Crippen LogP contribution in [0.2, 0.25) is 0 Å². The smallest absolute Gasteiger partial charge is 0.228 e. The number of para-hydroxylation sites is 1. The maximum Gasteiger partial charge on any atom is 0.228 e. The molecule has 0 spiro atoms. The van der Waals surface area contributed by atoms with Crippen molar-refractivity contribution >= 4 is 17.8 Å². The minimum Gasteiger partial charge on any atom is -0.508 e. The lowest BCUT2D eigenvalue weighted by Gasteiger charge is -2.28. The molecular weight excluding hydrogens is 404 g/mol. The zero-order valence-electron chi connectivity index (χ0n) is 18.1. The number of hydrogen-bond donors (Lipinski definition) is 4. The van der Waals surface area contributed by atoms with Crippen molar-refractivity contribution in [1.82, 2.24) is 20.3 Å². The van der Waals surface area contributed by atoms with Crippen molar-refractivity contribution in [3.05, 3.63) is 60.2 Å². The number of carbonyl (C=O) groups excluding carboxylic acids is 1. The number of aromatic hydroxyl groups is 1. The molecule has 0 saturated heterocycles. The number of rotatable bonds is 7. The number of nitrogens with one attached hydrogen (secondary N) is 3. The van der Waals surface area contributed by atoms with E-state index in [1.165, 1.54) is 0 Å². The summed E-state index contributed by atoms with van der Waals surface area (Å²) < 4.78 is 0. The molecule has 0 radical (unpaired) electrons. The summed E-state index contributed by atoms with van der Waals surface area (Å²) in [5, 5.41) is 19.2. The lowest BCUT2D eigenvalue weighted by Crippen LogP contribution is -2.35. The van der Waals surface area contributed by atoms with E-state index in [1.807, 2.05) is 42.5 Å². The molecule has 32 heavy (non-hydrogen) atoms. The largest absolute Gasteiger partial charge is 0.508 e. The van der Waals surface area contributed by atoms with Gasteiger partial charge >= 0.3 is 0 Å². The van der Waals surface area contributed by atoms with Crippen LogP contribution in [0.15, 0.2) is 54.6 Å². The molecule has 1 aliphatic rings. The third-order valence-corrected chi connectivity index (χ3v) is 5.77. The lowest BCUT2D eigenvalue weighted by atomic mass is 9.85. The molecule has 4 rings (SSSR count). The molecule has 0 atom stereocenters. The van der Waals surface area contributed by atoms with E-state index in [4.69, 9.17) is 0 Å². The molecule has 3 aromatic rings. The Labute approximate surface area is 187 Å². The van der Waals surface area contributed by atoms with Gasteiger partial charge in [-0.3, -0.25) is 4.79 Å². The number of aromatic nitrogens is 3. The third-order valence-electron chi connectivity index (χ3n) is 5.77. The molecule has 0 aliphatic heterocycles. The fourth-order valence-electron chi connectivity index (χ4n) is 3.94. The van der Waals surface area contributed by atoms with Gasteiger partial charge < -0.3 is 21.1 Å². The van der Waals surface area contributed by atoms with Crippen LogP contribution in [-0.4, -0.2) is 39.1 Å². The minimum absolute atomic E-state index is 0.0231. The Kier molecular flexibility index (Phi) is 6.79. The van der Waals surface area contributed by atoms with Crippen LogP contribution in [-0.2, 0) is 11.3 Å². The standard InChI is InChI=1S/C24H28N6O2/c1-25-23-28-21(16-7-3-2-4-8-16)29-24(30-23)27-19-13-11-17(12-14-19)22(32)26-15-18-9-5-6-10-20(18)31/h2-10,17,19,31H,11-15H2,1H3,(H,26,32)(H2,25,27,28,29,30)/t17-,19-. The molecule has 2 aromatic carbocycles. The quantitative estimate of drug-likeness (QED) is 0.451. The van der Waals surface area contributed by atoms with Crippen LogP contribution in [0.1, 0.15) is 31.2 Å². The molecule has 1 amide bonds. The topological polar surface area (TPSA) is 112 Å². The highest BCUT2D eigenvalue weighted by molar-refractivity contribution is 5.78. The van der Waals surface area contributed by atoms with Gasteiger partial charge in [0.25, 0.3) is 0 Å². The summed E-state index contributed by atoms with van der Waals surface area (Å²) in [7, 11) is 1.78. The van der Waals surface area contributed by atoms with E-state index < -0.39 is 0 Å². The van der Waals surface area contributed by atoms with Crippen molar-refractivity contribution in [2.24, 2.45) is 5.92 Å². The first-order valence-electron chi connectivity index (χ1n) is 10.9. The normalized spacial score (nSPS) is 18.0. The predicted octanol–water partition coefficient (Wildman–Crippen LogP) is 3.57. The number of carbonyl (C=O) groups is 1. The van der Waals surface area contributed by atoms with E-state index in [9.17, 15) is 9.90 Å². The van der Waals surface area contributed by atoms with Gasteiger partial charge in [0.1, 0.15) is 5.75 Å². The number of benzene rings is 2. The second-order valence-corrected chi connectivity index (χ2v) is 7.96. The van der Waals surface area contributed by atoms with Gasteiger partial charge in [-0.25, -0.2) is 0 Å². The summed E-state index contributed by atoms with van der Waals surface area (Å²) >= 11 is 0. The number of nitrogens with zero attached hydrogens (tertiary/aromatic N) is 3. The molecule has 166 valence electrons. The number of phenolic OH excluding ortho intramolecular Hbond substituents is 1. The van der Waals surface area contributed by atoms with Crippen molar-refractivity contribution in [3.8, 4) is 17.1 Å². The number of hydrogen-bond acceptors (Lipinski definition) is 7. The van der Waals surface area contributed by atoms with Crippen LogP contribution in [0.3, 0.4) is 0 Å². The van der Waals surface area contributed by atoms with E-state index in [0.717, 1.165) is 36.8 Å². The Balaban J connectivity index is 1.33. The van der Waals surface area contributed by atoms with E-state index in [1.54, 1.807) is 19.2 Å². The van der Waals surface area contributed by atoms with Crippen molar-refractivity contribution < 1.29 is 9.90 Å². The average Bonchev–Trinajstić information content (AvgIpc) is 2.84. The summed E-state index contributed by atoms with van der Waals surface area (Å²) in [5.74, 6) is 1.88. The highest BCUT2D eigenvalue weighted by Crippen LogP contribution is 2.27. The minimum atomic E-state index is -0.0231. The van der Waals surface area contributed by atoms with E-state index >= 15 is 0 Å². The number of amides is 1. The van der Waals surface area contributed by atoms with Crippen LogP contribution in [0.4, 0.5) is 11.9 Å². The Morgan fingerprint density at radius 3 is 2.34 bits per heavy atom. The fourth-order valence-corrected chi connectivity index (χ4v) is 3.94. The summed E-state index contributed by atoms with van der Waals surface area (Å²) in [5.41, 5.74) is 1.65. The Bertz CT molecular complexity index is 1050. The van der Waals surface area contributed by atoms with Crippen LogP contribution in [0, 0.1) is 5.92 Å². The molecule has 1 fully saturated rings. The molecule has 8 nitrogen and oxygen atoms in total. The van der Waals surface area contributed by atoms with Gasteiger partial charge in [-0.1, -0.05) is 48.5 Å². The van der Waals surface area contributed by atoms with Crippen molar-refractivity contribution in [1.29, 1.82) is 0 Å². The van der Waals surface area contributed by atoms with Gasteiger partial charge in [0.05, 0.1) is 0 Å². The molecule has 0 bridgehead atoms. The first-order chi connectivity index (χ1) is 15.6. The summed E-state index contributed by atoms with van der Waals surface area (Å²) in [4.78, 5) is 26.1. The van der Waals surface area contributed by atoms with E-state index in [2.05, 4.69) is 30.9 Å². The van der Waals surface area contributed by atoms with E-state index in [-0.39, 0.29) is 23.6 Å². The second kappa shape index (κ2) is 10.1. The SMILES string of the molecule is CNc1nc(N[C@H]2CC[C@H](C(=O)NCc3ccccc3O)CC2)nc(-c2ccccc2)n1. The maximum atomic E-state index is 12.6. The molecule has 1 saturated carbocycles. The highest BCUT2D eigenvalue weighted by Gasteiger charge is 2.27. The van der Waals surface area contributed by atoms with E-state index in [0.29, 0.717) is 24.3 Å². The molecule has 1 heterocycles. The van der Waals surface area contributed by atoms with Crippen molar-refractivity contribution in [2.75, 3.05) is 17.7 Å². The average molecular weight is 433 g/mol. The maximum absolute atomic E-state index is 12.6. The zero-order valence-corrected chi connectivity index (χ0v) is 18.1. The second-order valence-electron chi connectivity index (χ2n) is 7.96. The summed E-state index contributed by atoms with van der Waals surface area (Å²) in [6.45, 7) is 0.337. The summed E-state index contributed by atoms with van der Waals surface area (Å²) in [6, 6.07) is 17.1. The van der Waals surface area contributed by atoms with Gasteiger partial charge in [-0.2, -0.15) is 15.0 Å². The fraction of sp³-hybridized carbons (Fsp3) is 0.333. The number of anilines is 2. The third kappa shape index (κ3) is 5.32. The van der Waals surface area contributed by atoms with Crippen molar-refractivity contribution in [3.63, 3.8) is 0 Å². The van der Waals surface area contributed by atoms with Crippen LogP contribution < -0.4 is 16.0 Å². The van der Waals surface area contributed by atoms with Gasteiger partial charge in [0, 0.05) is 36.7 Å². The van der Waals surface area contributed by atoms with Crippen molar-refractivity contribution in [2.45, 2.75) is 38.3 Å². The van der Waals surface area contributed by atoms with Crippen LogP contribution in [0.5, 0.6) is 5.75 Å². The monoisotopic (exact) mass is 432 g/mol. The molecule has 8 heteroatoms. The number of phenols is 1. The van der Waals surface area contributed by atoms with Gasteiger partial charge in [-0.15, -0.1) is 0 Å². The first kappa shape index (κ1) is 21.5. The Hall–Kier alpha value is -3.68. The highest BCUT2D eigenvalue weighted by atomic mass is 16.3. The lowest BCUT2D eigenvalue weighted by molar-refractivity contribution is -0.126. The van der Waals surface area contributed by atoms with Gasteiger partial charge in [-0.05, 0) is 31.7 Å². The Morgan fingerprint density at radius 1 is 0.938 bits per heavy atom. The molecular formula is C24H28N6O2. The van der Waals surface area contributed by atoms with Gasteiger partial charge in [0.2, 0.25) is 17.8 Å².